The van der Waals surface area contributed by atoms with E-state index in [4.69, 9.17) is 14.2 Å². The number of amides is 1. The maximum Gasteiger partial charge on any atom is 0.302 e. The Bertz CT molecular complexity index is 2340. The van der Waals surface area contributed by atoms with E-state index in [0.29, 0.717) is 34.0 Å². The molecule has 1 amide bonds. The van der Waals surface area contributed by atoms with Gasteiger partial charge in [-0.05, 0) is 208 Å². The van der Waals surface area contributed by atoms with Crippen molar-refractivity contribution in [3.05, 3.63) is 0 Å². The van der Waals surface area contributed by atoms with E-state index < -0.39 is 5.72 Å². The third-order valence-corrected chi connectivity index (χ3v) is 32.6. The third kappa shape index (κ3) is 6.42. The zero-order chi connectivity index (χ0) is 54.9. The number of likely N-dealkylation sites (tertiary alicyclic amines) is 1. The van der Waals surface area contributed by atoms with E-state index in [1.54, 1.807) is 6.92 Å². The van der Waals surface area contributed by atoms with E-state index in [9.17, 15) is 14.7 Å². The van der Waals surface area contributed by atoms with Gasteiger partial charge in [0.25, 0.3) is 0 Å². The molecule has 0 aromatic heterocycles. The number of quaternary nitrogens is 1. The summed E-state index contributed by atoms with van der Waals surface area (Å²) in [7, 11) is 0. The first-order valence-corrected chi connectivity index (χ1v) is 31.8. The second kappa shape index (κ2) is 17.1. The van der Waals surface area contributed by atoms with Gasteiger partial charge in [-0.1, -0.05) is 111 Å². The molecule has 76 heavy (non-hydrogen) atoms. The lowest BCUT2D eigenvalue weighted by atomic mass is 9.31. The highest BCUT2D eigenvalue weighted by molar-refractivity contribution is 5.66. The summed E-state index contributed by atoms with van der Waals surface area (Å²) >= 11 is 0. The number of aliphatic hydroxyl groups excluding tert-OH is 1. The number of ether oxygens (including phenoxy) is 3. The van der Waals surface area contributed by atoms with Crippen molar-refractivity contribution in [1.29, 1.82) is 0 Å². The Hall–Kier alpha value is -0.930. The summed E-state index contributed by atoms with van der Waals surface area (Å²) in [6.45, 7) is 49.8. The fourth-order valence-corrected chi connectivity index (χ4v) is 26.7. The molecule has 24 atom stereocenters. The van der Waals surface area contributed by atoms with Gasteiger partial charge in [-0.15, -0.1) is 0 Å². The number of esters is 1. The van der Waals surface area contributed by atoms with E-state index in [1.165, 1.54) is 83.6 Å². The Morgan fingerprint density at radius 1 is 0.566 bits per heavy atom. The standard InChI is InChI=1S/C35H57NO4.C32H55NO2.ClH/c1-23-11-16-35(36(20-23)22-37)24(2)34(10)32(8)18-17-29(5)27(30(32,6)21-33(34,9)40-35)13-14-28(4)19-26(39-25(3)38)12-15-31(28,29)7;1-21-10-15-32(33-19-21)22(2)31(9)29(7)17-16-26(4)24(27(29,5)20-30(31,8)35-32)12-13-25(3)18-23(34)11-14-28(25,26)6;/h22-24,26-27H,11-21H2,1-10H3;21-24,33-34H,10-20H2,1-9H3;1H/t23-,24-,26+,27+,28-,29-,30-,31-,32-,33-,34+,35-;21-,22-,23+,24+,25-,26-,27-,28-,29-,30-,31+,32-;/m00./s1. The number of piperidine rings is 2. The molecular formula is C67H113ClN2O6. The van der Waals surface area contributed by atoms with Crippen molar-refractivity contribution >= 4 is 12.4 Å². The molecule has 434 valence electrons. The molecule has 8 nitrogen and oxygen atoms in total. The second-order valence-electron chi connectivity index (χ2n) is 33.8. The van der Waals surface area contributed by atoms with Crippen molar-refractivity contribution in [2.75, 3.05) is 13.1 Å². The van der Waals surface area contributed by atoms with Crippen LogP contribution in [-0.4, -0.2) is 70.3 Å². The summed E-state index contributed by atoms with van der Waals surface area (Å²) in [6, 6.07) is 0. The number of hydrogen-bond acceptors (Lipinski definition) is 6. The number of halogens is 1. The summed E-state index contributed by atoms with van der Waals surface area (Å²) in [5.41, 5.74) is 1.77. The Kier molecular flexibility index (Phi) is 13.1. The smallest absolute Gasteiger partial charge is 0.302 e. The number of nitrogens with zero attached hydrogens (tertiary/aromatic N) is 1. The lowest BCUT2D eigenvalue weighted by molar-refractivity contribution is -0.788. The number of fused-ring (bicyclic) bond motifs is 14. The summed E-state index contributed by atoms with van der Waals surface area (Å²) in [6.07, 6.45) is 24.5. The van der Waals surface area contributed by atoms with Crippen LogP contribution < -0.4 is 17.7 Å². The molecule has 4 saturated heterocycles. The molecule has 12 fully saturated rings. The largest absolute Gasteiger partial charge is 1.00 e. The molecule has 4 heterocycles. The van der Waals surface area contributed by atoms with E-state index in [2.05, 4.69) is 135 Å². The average Bonchev–Trinajstić information content (AvgIpc) is 3.73. The number of carbonyl (C=O) groups is 2. The van der Waals surface area contributed by atoms with Crippen LogP contribution in [0.25, 0.3) is 0 Å². The second-order valence-corrected chi connectivity index (χ2v) is 33.8. The first kappa shape index (κ1) is 58.3. The Balaban J connectivity index is 0.000000172. The average molecular weight is 1080 g/mol. The van der Waals surface area contributed by atoms with Crippen LogP contribution >= 0.6 is 0 Å². The van der Waals surface area contributed by atoms with Crippen LogP contribution in [0, 0.1) is 100 Å². The molecule has 0 aromatic carbocycles. The molecule has 0 aromatic rings. The molecular weight excluding hydrogens is 964 g/mol. The lowest BCUT2D eigenvalue weighted by Gasteiger charge is -2.73. The molecule has 3 N–H and O–H groups in total. The number of carbonyl (C=O) groups excluding carboxylic acids is 2. The van der Waals surface area contributed by atoms with E-state index in [-0.39, 0.29) is 102 Å². The number of rotatable bonds is 2. The van der Waals surface area contributed by atoms with Crippen molar-refractivity contribution in [1.82, 2.24) is 4.90 Å². The maximum atomic E-state index is 12.5. The minimum Gasteiger partial charge on any atom is -1.00 e. The molecule has 8 saturated carbocycles. The van der Waals surface area contributed by atoms with Gasteiger partial charge in [0, 0.05) is 48.5 Å². The first-order chi connectivity index (χ1) is 34.5. The van der Waals surface area contributed by atoms with Crippen LogP contribution in [0.4, 0.5) is 0 Å². The fourth-order valence-electron chi connectivity index (χ4n) is 26.7. The number of hydrogen-bond donors (Lipinski definition) is 2. The van der Waals surface area contributed by atoms with Crippen molar-refractivity contribution in [2.24, 2.45) is 100 Å². The molecule has 4 aliphatic heterocycles. The summed E-state index contributed by atoms with van der Waals surface area (Å²) in [5, 5.41) is 13.3. The van der Waals surface area contributed by atoms with Gasteiger partial charge in [-0.3, -0.25) is 9.59 Å². The molecule has 9 heteroatoms. The van der Waals surface area contributed by atoms with Crippen LogP contribution in [-0.2, 0) is 23.8 Å². The molecule has 12 aliphatic rings. The zero-order valence-corrected chi connectivity index (χ0v) is 52.9. The van der Waals surface area contributed by atoms with Gasteiger partial charge < -0.3 is 41.9 Å². The molecule has 0 radical (unpaired) electrons. The number of nitrogens with two attached hydrogens (primary N) is 1. The zero-order valence-electron chi connectivity index (χ0n) is 52.1. The van der Waals surface area contributed by atoms with E-state index in [0.717, 1.165) is 76.2 Å². The molecule has 8 aliphatic carbocycles. The highest BCUT2D eigenvalue weighted by atomic mass is 35.5. The highest BCUT2D eigenvalue weighted by Gasteiger charge is 2.86. The van der Waals surface area contributed by atoms with Gasteiger partial charge in [0.2, 0.25) is 12.1 Å². The van der Waals surface area contributed by atoms with Gasteiger partial charge >= 0.3 is 5.97 Å². The predicted molar refractivity (Wildman–Crippen MR) is 299 cm³/mol. The van der Waals surface area contributed by atoms with Crippen LogP contribution in [0.3, 0.4) is 0 Å². The fraction of sp³-hybridized carbons (Fsp3) is 0.970. The predicted octanol–water partition coefficient (Wildman–Crippen LogP) is 11.1. The summed E-state index contributed by atoms with van der Waals surface area (Å²) < 4.78 is 20.7. The SMILES string of the molecule is CC(=O)O[C@@H]1CC[C@@]2(C)[C@@](C)(CC[C@@H]3[C@]2(C)CC[C@]2(C)[C@@]4(C)[C@H](C)[C@]5(CC[C@H](C)CN5C=O)O[C@@]4(C)C[C@@]32C)C1.C[C@H]1CC[C@]2([NH2+]C1)O[C@@]1(C)C[C@@]3(C)[C@@H]4CC[C@@]5(C)C[C@H](O)CC[C@]5(C)[C@@]4(C)CC[C@]3(C)[C@@]1(C)[C@@H]2C.[Cl-]. The minimum atomic E-state index is -0.477. The van der Waals surface area contributed by atoms with Crippen LogP contribution in [0.5, 0.6) is 0 Å². The van der Waals surface area contributed by atoms with Crippen molar-refractivity contribution in [3.8, 4) is 0 Å². The normalized spacial score (nSPS) is 61.4. The van der Waals surface area contributed by atoms with Crippen molar-refractivity contribution in [3.63, 3.8) is 0 Å². The highest BCUT2D eigenvalue weighted by Crippen LogP contribution is 2.88. The first-order valence-electron chi connectivity index (χ1n) is 31.8. The molecule has 12 rings (SSSR count). The van der Waals surface area contributed by atoms with Gasteiger partial charge in [-0.25, -0.2) is 0 Å². The topological polar surface area (TPSA) is 102 Å². The Morgan fingerprint density at radius 2 is 1.07 bits per heavy atom. The van der Waals surface area contributed by atoms with Gasteiger partial charge in [0.05, 0.1) is 23.9 Å². The molecule has 2 spiro atoms. The maximum absolute atomic E-state index is 12.5. The minimum absolute atomic E-state index is 0. The summed E-state index contributed by atoms with van der Waals surface area (Å²) in [5.74, 6) is 3.41. The van der Waals surface area contributed by atoms with Crippen LogP contribution in [0.1, 0.15) is 260 Å². The van der Waals surface area contributed by atoms with Gasteiger partial charge in [0.15, 0.2) is 0 Å². The van der Waals surface area contributed by atoms with E-state index in [1.807, 2.05) is 0 Å². The lowest BCUT2D eigenvalue weighted by Crippen LogP contribution is -3.01. The van der Waals surface area contributed by atoms with E-state index >= 15 is 0 Å². The monoisotopic (exact) mass is 1080 g/mol. The van der Waals surface area contributed by atoms with Crippen molar-refractivity contribution < 1.29 is 46.6 Å². The molecule has 0 bridgehead atoms. The quantitative estimate of drug-likeness (QED) is 0.211. The van der Waals surface area contributed by atoms with Crippen molar-refractivity contribution in [2.45, 2.75) is 295 Å². The Labute approximate surface area is 470 Å². The molecule has 0 unspecified atom stereocenters. The van der Waals surface area contributed by atoms with Gasteiger partial charge in [-0.2, -0.15) is 0 Å². The van der Waals surface area contributed by atoms with Gasteiger partial charge in [0.1, 0.15) is 11.8 Å². The van der Waals surface area contributed by atoms with Crippen LogP contribution in [0.15, 0.2) is 0 Å². The number of aliphatic hydroxyl groups is 1. The third-order valence-electron chi connectivity index (χ3n) is 32.6. The summed E-state index contributed by atoms with van der Waals surface area (Å²) in [4.78, 5) is 26.4. The Morgan fingerprint density at radius 3 is 1.58 bits per heavy atom. The van der Waals surface area contributed by atoms with Crippen LogP contribution in [0.2, 0.25) is 0 Å².